The molecule has 77 heavy (non-hydrogen) atoms. The Kier molecular flexibility index (Phi) is 60.4. The Morgan fingerprint density at radius 2 is 0.506 bits per heavy atom. The molecule has 0 fully saturated rings. The lowest BCUT2D eigenvalue weighted by Gasteiger charge is -2.18. The third-order valence-corrected chi connectivity index (χ3v) is 13.1. The fourth-order valence-corrected chi connectivity index (χ4v) is 8.41. The molecule has 1 unspecified atom stereocenters. The maximum atomic E-state index is 12.9. The fourth-order valence-electron chi connectivity index (χ4n) is 8.41. The van der Waals surface area contributed by atoms with Crippen molar-refractivity contribution in [1.29, 1.82) is 0 Å². The van der Waals surface area contributed by atoms with Crippen LogP contribution in [-0.2, 0) is 28.6 Å². The van der Waals surface area contributed by atoms with E-state index in [0.717, 1.165) is 128 Å². The number of hydrogen-bond acceptors (Lipinski definition) is 6. The molecular formula is C71H116O6. The van der Waals surface area contributed by atoms with Crippen LogP contribution < -0.4 is 0 Å². The van der Waals surface area contributed by atoms with Crippen LogP contribution in [0.1, 0.15) is 278 Å². The van der Waals surface area contributed by atoms with Crippen molar-refractivity contribution in [3.05, 3.63) is 134 Å². The molecule has 0 aliphatic rings. The Morgan fingerprint density at radius 3 is 0.831 bits per heavy atom. The Hall–Kier alpha value is -4.45. The summed E-state index contributed by atoms with van der Waals surface area (Å²) in [5.74, 6) is -0.950. The van der Waals surface area contributed by atoms with E-state index in [4.69, 9.17) is 14.2 Å². The molecule has 436 valence electrons. The van der Waals surface area contributed by atoms with Crippen LogP contribution in [0.25, 0.3) is 0 Å². The van der Waals surface area contributed by atoms with Crippen molar-refractivity contribution in [3.8, 4) is 0 Å². The van der Waals surface area contributed by atoms with Gasteiger partial charge in [0.1, 0.15) is 13.2 Å². The molecule has 0 aromatic heterocycles. The predicted molar refractivity (Wildman–Crippen MR) is 334 cm³/mol. The van der Waals surface area contributed by atoms with Crippen molar-refractivity contribution in [1.82, 2.24) is 0 Å². The van der Waals surface area contributed by atoms with E-state index in [1.807, 2.05) is 0 Å². The summed E-state index contributed by atoms with van der Waals surface area (Å²) < 4.78 is 16.8. The number of allylic oxidation sites excluding steroid dienone is 22. The molecule has 0 saturated carbocycles. The normalized spacial score (nSPS) is 13.0. The summed E-state index contributed by atoms with van der Waals surface area (Å²) >= 11 is 0. The standard InChI is InChI=1S/C71H116O6/c1-4-7-10-13-16-19-22-24-26-27-28-29-30-31-32-33-34-35-36-37-38-39-40-41-42-43-45-46-49-52-55-58-61-64-70(73)76-67-68(66-75-69(72)63-60-57-54-51-48-21-18-15-12-9-6-3)77-71(74)65-62-59-56-53-50-47-44-25-23-20-17-14-11-8-5-2/h7,10,16,19,24-26,28-29,31-32,34-35,37-38,40-41,43-45,49,52,68H,4-6,8-9,11-15,17-18,20-23,27,30,33,36,39,42,46-48,50-51,53-67H2,1-3H3/b10-7-,19-16-,26-24-,29-28-,32-31-,35-34-,38-37-,41-40-,44-25-,45-43-,52-49-. The quantitative estimate of drug-likeness (QED) is 0.0261. The second-order valence-corrected chi connectivity index (χ2v) is 20.6. The average Bonchev–Trinajstić information content (AvgIpc) is 3.43. The smallest absolute Gasteiger partial charge is 0.306 e. The van der Waals surface area contributed by atoms with Gasteiger partial charge in [-0.1, -0.05) is 270 Å². The van der Waals surface area contributed by atoms with E-state index in [1.54, 1.807) is 0 Å². The molecule has 0 aliphatic heterocycles. The topological polar surface area (TPSA) is 78.9 Å². The first-order valence-electron chi connectivity index (χ1n) is 31.7. The SMILES string of the molecule is CC/C=C\C/C=C\C/C=C\C/C=C\C/C=C\C/C=C\C/C=C\C/C=C\C/C=C\C/C=C\CCCCC(=O)OCC(COC(=O)CCCCCCCCCCCCC)OC(=O)CCCCCCC/C=C\CCCCCCCC. The molecule has 0 saturated heterocycles. The molecule has 0 bridgehead atoms. The third kappa shape index (κ3) is 62.3. The number of carbonyl (C=O) groups is 3. The van der Waals surface area contributed by atoms with Crippen LogP contribution in [0, 0.1) is 0 Å². The fraction of sp³-hybridized carbons (Fsp3) is 0.648. The van der Waals surface area contributed by atoms with Gasteiger partial charge in [0.05, 0.1) is 0 Å². The second-order valence-electron chi connectivity index (χ2n) is 20.6. The second kappa shape index (κ2) is 64.1. The highest BCUT2D eigenvalue weighted by atomic mass is 16.6. The van der Waals surface area contributed by atoms with Crippen molar-refractivity contribution in [3.63, 3.8) is 0 Å². The van der Waals surface area contributed by atoms with Gasteiger partial charge in [0.15, 0.2) is 6.10 Å². The molecule has 0 aromatic carbocycles. The van der Waals surface area contributed by atoms with E-state index in [1.165, 1.54) is 103 Å². The summed E-state index contributed by atoms with van der Waals surface area (Å²) in [6, 6.07) is 0. The van der Waals surface area contributed by atoms with Gasteiger partial charge in [-0.05, 0) is 122 Å². The van der Waals surface area contributed by atoms with Gasteiger partial charge in [0, 0.05) is 19.3 Å². The van der Waals surface area contributed by atoms with E-state index >= 15 is 0 Å². The lowest BCUT2D eigenvalue weighted by molar-refractivity contribution is -0.167. The molecule has 1 atom stereocenters. The maximum absolute atomic E-state index is 12.9. The van der Waals surface area contributed by atoms with Crippen molar-refractivity contribution in [2.75, 3.05) is 13.2 Å². The summed E-state index contributed by atoms with van der Waals surface area (Å²) in [4.78, 5) is 38.2. The molecule has 0 radical (unpaired) electrons. The Balaban J connectivity index is 4.34. The van der Waals surface area contributed by atoms with Gasteiger partial charge >= 0.3 is 17.9 Å². The summed E-state index contributed by atoms with van der Waals surface area (Å²) in [7, 11) is 0. The zero-order valence-electron chi connectivity index (χ0n) is 49.9. The molecule has 0 N–H and O–H groups in total. The highest BCUT2D eigenvalue weighted by molar-refractivity contribution is 5.71. The molecule has 0 rings (SSSR count). The van der Waals surface area contributed by atoms with Crippen LogP contribution in [0.5, 0.6) is 0 Å². The first-order valence-corrected chi connectivity index (χ1v) is 31.7. The van der Waals surface area contributed by atoms with Crippen LogP contribution in [0.2, 0.25) is 0 Å². The van der Waals surface area contributed by atoms with E-state index < -0.39 is 6.10 Å². The minimum Gasteiger partial charge on any atom is -0.462 e. The number of unbranched alkanes of at least 4 members (excludes halogenated alkanes) is 23. The van der Waals surface area contributed by atoms with E-state index in [-0.39, 0.29) is 31.1 Å². The summed E-state index contributed by atoms with van der Waals surface area (Å²) in [5, 5.41) is 0. The van der Waals surface area contributed by atoms with Gasteiger partial charge in [-0.2, -0.15) is 0 Å². The Bertz CT molecular complexity index is 1650. The van der Waals surface area contributed by atoms with Gasteiger partial charge in [-0.25, -0.2) is 0 Å². The molecule has 0 aliphatic carbocycles. The predicted octanol–water partition coefficient (Wildman–Crippen LogP) is 21.8. The van der Waals surface area contributed by atoms with Gasteiger partial charge in [-0.15, -0.1) is 0 Å². The summed E-state index contributed by atoms with van der Waals surface area (Å²) in [6.45, 7) is 6.47. The zero-order valence-corrected chi connectivity index (χ0v) is 49.9. The Labute approximate surface area is 475 Å². The molecule has 0 aromatic rings. The highest BCUT2D eigenvalue weighted by Gasteiger charge is 2.19. The van der Waals surface area contributed by atoms with Crippen LogP contribution in [0.4, 0.5) is 0 Å². The lowest BCUT2D eigenvalue weighted by Crippen LogP contribution is -2.30. The highest BCUT2D eigenvalue weighted by Crippen LogP contribution is 2.15. The van der Waals surface area contributed by atoms with Crippen LogP contribution in [0.15, 0.2) is 134 Å². The largest absolute Gasteiger partial charge is 0.462 e. The number of esters is 3. The third-order valence-electron chi connectivity index (χ3n) is 13.1. The molecule has 0 spiro atoms. The molecular weight excluding hydrogens is 949 g/mol. The number of ether oxygens (including phenoxy) is 3. The lowest BCUT2D eigenvalue weighted by atomic mass is 10.1. The summed E-state index contributed by atoms with van der Waals surface area (Å²) in [6.07, 6.45) is 90.3. The van der Waals surface area contributed by atoms with Crippen LogP contribution in [-0.4, -0.2) is 37.2 Å². The molecule has 6 heteroatoms. The maximum Gasteiger partial charge on any atom is 0.306 e. The number of hydrogen-bond donors (Lipinski definition) is 0. The summed E-state index contributed by atoms with van der Waals surface area (Å²) in [5.41, 5.74) is 0. The van der Waals surface area contributed by atoms with Crippen molar-refractivity contribution < 1.29 is 28.6 Å². The van der Waals surface area contributed by atoms with E-state index in [0.29, 0.717) is 25.7 Å². The van der Waals surface area contributed by atoms with Crippen molar-refractivity contribution in [2.45, 2.75) is 284 Å². The molecule has 6 nitrogen and oxygen atoms in total. The van der Waals surface area contributed by atoms with Gasteiger partial charge in [0.25, 0.3) is 0 Å². The van der Waals surface area contributed by atoms with Gasteiger partial charge in [0.2, 0.25) is 0 Å². The van der Waals surface area contributed by atoms with Crippen molar-refractivity contribution in [2.24, 2.45) is 0 Å². The average molecular weight is 1070 g/mol. The molecule has 0 heterocycles. The number of rotatable bonds is 56. The monoisotopic (exact) mass is 1060 g/mol. The molecule has 0 amide bonds. The Morgan fingerprint density at radius 1 is 0.273 bits per heavy atom. The van der Waals surface area contributed by atoms with Gasteiger partial charge < -0.3 is 14.2 Å². The first-order chi connectivity index (χ1) is 38.0. The van der Waals surface area contributed by atoms with Crippen LogP contribution in [0.3, 0.4) is 0 Å². The number of carbonyl (C=O) groups excluding carboxylic acids is 3. The zero-order chi connectivity index (χ0) is 55.7. The minimum absolute atomic E-state index is 0.0958. The van der Waals surface area contributed by atoms with Crippen molar-refractivity contribution >= 4 is 17.9 Å². The van der Waals surface area contributed by atoms with E-state index in [9.17, 15) is 14.4 Å². The van der Waals surface area contributed by atoms with E-state index in [2.05, 4.69) is 154 Å². The van der Waals surface area contributed by atoms with Crippen LogP contribution >= 0.6 is 0 Å². The first kappa shape index (κ1) is 72.5. The minimum atomic E-state index is -0.802. The van der Waals surface area contributed by atoms with Gasteiger partial charge in [-0.3, -0.25) is 14.4 Å².